The number of allylic oxidation sites excluding steroid dienone is 1. The summed E-state index contributed by atoms with van der Waals surface area (Å²) in [4.78, 5) is 5.07. The van der Waals surface area contributed by atoms with E-state index in [1.165, 1.54) is 4.88 Å². The molecule has 0 fully saturated rings. The average Bonchev–Trinajstić information content (AvgIpc) is 2.42. The maximum absolute atomic E-state index is 3.90. The lowest BCUT2D eigenvalue weighted by Gasteiger charge is -1.85. The molecule has 0 amide bonds. The summed E-state index contributed by atoms with van der Waals surface area (Å²) in [6, 6.07) is 0. The van der Waals surface area contributed by atoms with Crippen molar-refractivity contribution in [1.29, 1.82) is 0 Å². The van der Waals surface area contributed by atoms with Crippen molar-refractivity contribution < 1.29 is 0 Å². The zero-order valence-corrected chi connectivity index (χ0v) is 7.53. The van der Waals surface area contributed by atoms with Crippen LogP contribution in [-0.2, 0) is 0 Å². The van der Waals surface area contributed by atoms with Crippen LogP contribution in [-0.4, -0.2) is 4.98 Å². The van der Waals surface area contributed by atoms with E-state index < -0.39 is 0 Å². The van der Waals surface area contributed by atoms with Crippen LogP contribution in [0, 0.1) is 0 Å². The smallest absolute Gasteiger partial charge is 0.0797 e. The summed E-state index contributed by atoms with van der Waals surface area (Å²) in [6.45, 7) is 9.75. The highest BCUT2D eigenvalue weighted by atomic mass is 32.1. The number of hydrogen-bond donors (Lipinski definition) is 0. The van der Waals surface area contributed by atoms with Crippen molar-refractivity contribution in [2.24, 2.45) is 0 Å². The highest BCUT2D eigenvalue weighted by Crippen LogP contribution is 2.14. The van der Waals surface area contributed by atoms with Crippen molar-refractivity contribution in [1.82, 2.24) is 4.98 Å². The summed E-state index contributed by atoms with van der Waals surface area (Å²) >= 11 is 1.62. The van der Waals surface area contributed by atoms with E-state index in [4.69, 9.17) is 0 Å². The molecular weight excluding hydrogens is 142 g/mol. The van der Waals surface area contributed by atoms with E-state index in [1.54, 1.807) is 11.3 Å². The van der Waals surface area contributed by atoms with Crippen LogP contribution in [0.15, 0.2) is 18.3 Å². The number of thiazole rings is 1. The first-order valence-corrected chi connectivity index (χ1v) is 4.23. The van der Waals surface area contributed by atoms with Gasteiger partial charge in [-0.25, -0.2) is 0 Å². The van der Waals surface area contributed by atoms with Gasteiger partial charge in [0.1, 0.15) is 0 Å². The maximum Gasteiger partial charge on any atom is 0.0797 e. The van der Waals surface area contributed by atoms with Gasteiger partial charge in [0.2, 0.25) is 0 Å². The topological polar surface area (TPSA) is 12.9 Å². The fourth-order valence-corrected chi connectivity index (χ4v) is 0.985. The van der Waals surface area contributed by atoms with Gasteiger partial charge < -0.3 is 0 Å². The van der Waals surface area contributed by atoms with Gasteiger partial charge in [0.25, 0.3) is 0 Å². The summed E-state index contributed by atoms with van der Waals surface area (Å²) in [5, 5.41) is 0. The predicted octanol–water partition coefficient (Wildman–Crippen LogP) is 3.20. The Hall–Kier alpha value is -0.630. The van der Waals surface area contributed by atoms with E-state index in [-0.39, 0.29) is 0 Å². The molecule has 0 bridgehead atoms. The normalized spacial score (nSPS) is 7.90. The lowest BCUT2D eigenvalue weighted by molar-refractivity contribution is 1.41. The van der Waals surface area contributed by atoms with Crippen LogP contribution in [0.1, 0.15) is 25.6 Å². The Kier molecular flexibility index (Phi) is 4.85. The summed E-state index contributed by atoms with van der Waals surface area (Å²) < 4.78 is 0. The molecule has 0 aromatic carbocycles. The van der Waals surface area contributed by atoms with Gasteiger partial charge in [-0.3, -0.25) is 4.98 Å². The van der Waals surface area contributed by atoms with Crippen LogP contribution >= 0.6 is 11.3 Å². The molecule has 0 atom stereocenters. The van der Waals surface area contributed by atoms with E-state index in [0.717, 1.165) is 5.57 Å². The molecule has 0 spiro atoms. The fourth-order valence-electron chi connectivity index (χ4n) is 0.427. The SMILES string of the molecule is C=C(C)c1cncs1.CC. The lowest BCUT2D eigenvalue weighted by Crippen LogP contribution is -1.63. The minimum atomic E-state index is 1.09. The van der Waals surface area contributed by atoms with Gasteiger partial charge in [-0.1, -0.05) is 20.4 Å². The molecule has 0 aliphatic carbocycles. The van der Waals surface area contributed by atoms with Gasteiger partial charge >= 0.3 is 0 Å². The molecule has 0 saturated carbocycles. The van der Waals surface area contributed by atoms with Crippen molar-refractivity contribution in [2.45, 2.75) is 20.8 Å². The Balaban J connectivity index is 0.000000371. The Bertz CT molecular complexity index is 177. The molecule has 0 aliphatic heterocycles. The first kappa shape index (κ1) is 9.37. The van der Waals surface area contributed by atoms with Crippen molar-refractivity contribution in [3.8, 4) is 0 Å². The summed E-state index contributed by atoms with van der Waals surface area (Å²) in [5.74, 6) is 0. The van der Waals surface area contributed by atoms with Gasteiger partial charge in [0, 0.05) is 11.1 Å². The zero-order valence-electron chi connectivity index (χ0n) is 6.72. The highest BCUT2D eigenvalue weighted by Gasteiger charge is 1.90. The quantitative estimate of drug-likeness (QED) is 0.607. The summed E-state index contributed by atoms with van der Waals surface area (Å²) in [7, 11) is 0. The molecule has 1 aromatic heterocycles. The lowest BCUT2D eigenvalue weighted by atomic mass is 10.3. The van der Waals surface area contributed by atoms with Crippen molar-refractivity contribution in [3.05, 3.63) is 23.2 Å². The van der Waals surface area contributed by atoms with E-state index >= 15 is 0 Å². The van der Waals surface area contributed by atoms with Crippen LogP contribution < -0.4 is 0 Å². The van der Waals surface area contributed by atoms with Crippen molar-refractivity contribution in [3.63, 3.8) is 0 Å². The molecule has 1 rings (SSSR count). The molecule has 0 aliphatic rings. The van der Waals surface area contributed by atoms with Gasteiger partial charge in [-0.15, -0.1) is 11.3 Å². The monoisotopic (exact) mass is 155 g/mol. The molecule has 0 saturated heterocycles. The first-order valence-electron chi connectivity index (χ1n) is 3.35. The average molecular weight is 155 g/mol. The Morgan fingerprint density at radius 3 is 2.40 bits per heavy atom. The molecule has 0 radical (unpaired) electrons. The van der Waals surface area contributed by atoms with Gasteiger partial charge in [0.15, 0.2) is 0 Å². The second kappa shape index (κ2) is 5.18. The zero-order chi connectivity index (χ0) is 7.98. The molecule has 2 heteroatoms. The van der Waals surface area contributed by atoms with E-state index in [9.17, 15) is 0 Å². The van der Waals surface area contributed by atoms with Gasteiger partial charge in [-0.2, -0.15) is 0 Å². The largest absolute Gasteiger partial charge is 0.253 e. The second-order valence-electron chi connectivity index (χ2n) is 1.65. The van der Waals surface area contributed by atoms with Crippen LogP contribution in [0.2, 0.25) is 0 Å². The second-order valence-corrected chi connectivity index (χ2v) is 2.53. The van der Waals surface area contributed by atoms with E-state index in [0.29, 0.717) is 0 Å². The molecule has 10 heavy (non-hydrogen) atoms. The van der Waals surface area contributed by atoms with E-state index in [2.05, 4.69) is 11.6 Å². The predicted molar refractivity (Wildman–Crippen MR) is 48.2 cm³/mol. The Morgan fingerprint density at radius 1 is 1.60 bits per heavy atom. The van der Waals surface area contributed by atoms with Crippen LogP contribution in [0.25, 0.3) is 5.57 Å². The Morgan fingerprint density at radius 2 is 2.20 bits per heavy atom. The van der Waals surface area contributed by atoms with Crippen molar-refractivity contribution >= 4 is 16.9 Å². The third-order valence-corrected chi connectivity index (χ3v) is 1.79. The summed E-state index contributed by atoms with van der Waals surface area (Å²) in [6.07, 6.45) is 1.83. The third kappa shape index (κ3) is 2.78. The van der Waals surface area contributed by atoms with Gasteiger partial charge in [0.05, 0.1) is 5.51 Å². The van der Waals surface area contributed by atoms with Gasteiger partial charge in [-0.05, 0) is 12.5 Å². The molecule has 1 nitrogen and oxygen atoms in total. The number of rotatable bonds is 1. The number of hydrogen-bond acceptors (Lipinski definition) is 2. The first-order chi connectivity index (χ1) is 4.80. The van der Waals surface area contributed by atoms with Crippen LogP contribution in [0.4, 0.5) is 0 Å². The molecule has 1 aromatic rings. The molecule has 0 unspecified atom stereocenters. The molecule has 0 N–H and O–H groups in total. The minimum Gasteiger partial charge on any atom is -0.253 e. The maximum atomic E-state index is 3.90. The molecule has 56 valence electrons. The minimum absolute atomic E-state index is 1.09. The van der Waals surface area contributed by atoms with Crippen LogP contribution in [0.5, 0.6) is 0 Å². The fraction of sp³-hybridized carbons (Fsp3) is 0.375. The molecular formula is C8H13NS. The molecule has 1 heterocycles. The standard InChI is InChI=1S/C6H7NS.C2H6/c1-5(2)6-3-7-4-8-6;1-2/h3-4H,1H2,2H3;1-2H3. The third-order valence-electron chi connectivity index (χ3n) is 0.853. The number of nitrogens with zero attached hydrogens (tertiary/aromatic N) is 1. The van der Waals surface area contributed by atoms with E-state index in [1.807, 2.05) is 32.5 Å². The highest BCUT2D eigenvalue weighted by molar-refractivity contribution is 7.10. The van der Waals surface area contributed by atoms with Crippen LogP contribution in [0.3, 0.4) is 0 Å². The van der Waals surface area contributed by atoms with Crippen molar-refractivity contribution in [2.75, 3.05) is 0 Å². The Labute approximate surface area is 66.4 Å². The number of aromatic nitrogens is 1. The summed E-state index contributed by atoms with van der Waals surface area (Å²) in [5.41, 5.74) is 2.90.